The molecule has 1 aromatic rings. The van der Waals surface area contributed by atoms with E-state index in [1.54, 1.807) is 6.07 Å². The van der Waals surface area contributed by atoms with Gasteiger partial charge in [0.25, 0.3) is 5.91 Å². The summed E-state index contributed by atoms with van der Waals surface area (Å²) in [6.07, 6.45) is -11.3. The minimum absolute atomic E-state index is 0.108. The van der Waals surface area contributed by atoms with Crippen LogP contribution in [0.25, 0.3) is 0 Å². The van der Waals surface area contributed by atoms with E-state index in [1.165, 1.54) is 33.0 Å². The van der Waals surface area contributed by atoms with Gasteiger partial charge in [-0.2, -0.15) is 31.6 Å². The van der Waals surface area contributed by atoms with E-state index < -0.39 is 95.8 Å². The molecule has 1 spiro atoms. The van der Waals surface area contributed by atoms with E-state index in [9.17, 15) is 50.8 Å². The summed E-state index contributed by atoms with van der Waals surface area (Å²) in [6, 6.07) is -5.45. The third-order valence-corrected chi connectivity index (χ3v) is 10.6. The van der Waals surface area contributed by atoms with Gasteiger partial charge in [-0.15, -0.1) is 0 Å². The number of hydrogen-bond donors (Lipinski definition) is 3. The predicted molar refractivity (Wildman–Crippen MR) is 156 cm³/mol. The first-order valence-corrected chi connectivity index (χ1v) is 16.0. The molecule has 272 valence electrons. The van der Waals surface area contributed by atoms with E-state index in [-0.39, 0.29) is 42.8 Å². The number of hydrogen-bond acceptors (Lipinski definition) is 7. The summed E-state index contributed by atoms with van der Waals surface area (Å²) in [4.78, 5) is 61.1. The average Bonchev–Trinajstić information content (AvgIpc) is 3.76. The molecule has 0 radical (unpaired) electrons. The molecular weight excluding hydrogens is 683 g/mol. The maximum Gasteiger partial charge on any atom is 0.417 e. The van der Waals surface area contributed by atoms with Crippen LogP contribution in [0.4, 0.5) is 41.3 Å². The summed E-state index contributed by atoms with van der Waals surface area (Å²) in [5.41, 5.74) is -3.02. The van der Waals surface area contributed by atoms with Crippen molar-refractivity contribution in [3.05, 3.63) is 18.3 Å². The standard InChI is InChI=1S/C31H34F7N7O5/c1-28(2,3)21(41-27(49)43-25(30(33,34)35)31(36,37)38)24(47)44-11-16-13-7-15(17(32)8-13)19(16)20(44)23(46)45-12-29(9-14(45)10-39)26(48)42-22-18(50-29)5-4-6-40-22/h4-6,13-17,19-21,25H,7-9,11-12H2,1-3H3,(H,40,42,48)(H2,41,43,49)/t13-,14-,15+,16+,17+,19-,20-,21+,29+/m0/s1. The van der Waals surface area contributed by atoms with Crippen molar-refractivity contribution in [3.8, 4) is 11.8 Å². The van der Waals surface area contributed by atoms with Crippen LogP contribution in [0, 0.1) is 40.4 Å². The number of ether oxygens (including phenoxy) is 1. The molecule has 50 heavy (non-hydrogen) atoms. The second-order valence-electron chi connectivity index (χ2n) is 14.7. The lowest BCUT2D eigenvalue weighted by Crippen LogP contribution is -2.63. The maximum atomic E-state index is 15.2. The SMILES string of the molecule is CC(C)(C)[C@H](NC(=O)NC(C(F)(F)F)C(F)(F)F)C(=O)N1C[C@@H]2[C@H]3C[C@@H]([C@@H]2[C@H]1C(=O)N1C[C@@]2(C[C@H]1C#N)Oc1cccnc1NC2=O)[C@H](F)C3. The number of anilines is 1. The van der Waals surface area contributed by atoms with E-state index >= 15 is 4.39 Å². The zero-order valence-electron chi connectivity index (χ0n) is 26.9. The molecule has 2 saturated heterocycles. The first kappa shape index (κ1) is 35.5. The predicted octanol–water partition coefficient (Wildman–Crippen LogP) is 3.30. The van der Waals surface area contributed by atoms with Crippen LogP contribution >= 0.6 is 0 Å². The Balaban J connectivity index is 1.31. The molecule has 3 N–H and O–H groups in total. The molecule has 12 nitrogen and oxygen atoms in total. The lowest BCUT2D eigenvalue weighted by atomic mass is 9.77. The molecule has 1 aromatic heterocycles. The lowest BCUT2D eigenvalue weighted by Gasteiger charge is -2.39. The highest BCUT2D eigenvalue weighted by Crippen LogP contribution is 2.59. The number of alkyl halides is 7. The van der Waals surface area contributed by atoms with Gasteiger partial charge in [0, 0.05) is 19.2 Å². The van der Waals surface area contributed by atoms with Gasteiger partial charge in [-0.1, -0.05) is 20.8 Å². The zero-order valence-corrected chi connectivity index (χ0v) is 26.9. The molecule has 4 heterocycles. The molecule has 2 aliphatic carbocycles. The first-order chi connectivity index (χ1) is 23.2. The molecule has 0 unspecified atom stereocenters. The Labute approximate surface area is 281 Å². The highest BCUT2D eigenvalue weighted by molar-refractivity contribution is 6.01. The van der Waals surface area contributed by atoms with Crippen LogP contribution in [0.1, 0.15) is 40.0 Å². The van der Waals surface area contributed by atoms with Gasteiger partial charge < -0.3 is 30.5 Å². The summed E-state index contributed by atoms with van der Waals surface area (Å²) in [5.74, 6) is -4.11. The van der Waals surface area contributed by atoms with Crippen molar-refractivity contribution < 1.29 is 54.6 Å². The van der Waals surface area contributed by atoms with Gasteiger partial charge in [0.15, 0.2) is 11.6 Å². The Morgan fingerprint density at radius 1 is 1.08 bits per heavy atom. The van der Waals surface area contributed by atoms with Crippen molar-refractivity contribution in [2.45, 2.75) is 88.3 Å². The molecule has 6 rings (SSSR count). The third kappa shape index (κ3) is 5.93. The van der Waals surface area contributed by atoms with Gasteiger partial charge in [-0.25, -0.2) is 14.2 Å². The summed E-state index contributed by atoms with van der Waals surface area (Å²) < 4.78 is 100. The topological polar surface area (TPSA) is 157 Å². The molecule has 0 aromatic carbocycles. The van der Waals surface area contributed by atoms with Crippen molar-refractivity contribution in [1.29, 1.82) is 5.26 Å². The number of carbonyl (C=O) groups is 4. The van der Waals surface area contributed by atoms with E-state index in [4.69, 9.17) is 4.74 Å². The Morgan fingerprint density at radius 3 is 2.38 bits per heavy atom. The maximum absolute atomic E-state index is 15.2. The molecule has 5 amide bonds. The monoisotopic (exact) mass is 717 g/mol. The highest BCUT2D eigenvalue weighted by atomic mass is 19.4. The fourth-order valence-corrected chi connectivity index (χ4v) is 8.39. The second kappa shape index (κ2) is 11.9. The van der Waals surface area contributed by atoms with Crippen molar-refractivity contribution in [2.24, 2.45) is 29.1 Å². The van der Waals surface area contributed by atoms with Crippen LogP contribution in [-0.2, 0) is 14.4 Å². The van der Waals surface area contributed by atoms with Crippen LogP contribution < -0.4 is 20.7 Å². The minimum atomic E-state index is -5.90. The van der Waals surface area contributed by atoms with E-state index in [2.05, 4.69) is 10.3 Å². The molecule has 19 heteroatoms. The number of aromatic nitrogens is 1. The number of pyridine rings is 1. The summed E-state index contributed by atoms with van der Waals surface area (Å²) in [7, 11) is 0. The van der Waals surface area contributed by atoms with Gasteiger partial charge in [0.2, 0.25) is 23.5 Å². The number of nitrogens with zero attached hydrogens (tertiary/aromatic N) is 4. The molecule has 4 fully saturated rings. The Kier molecular flexibility index (Phi) is 8.41. The number of nitriles is 1. The van der Waals surface area contributed by atoms with Crippen LogP contribution in [0.3, 0.4) is 0 Å². The van der Waals surface area contributed by atoms with E-state index in [0.29, 0.717) is 6.42 Å². The summed E-state index contributed by atoms with van der Waals surface area (Å²) >= 11 is 0. The third-order valence-electron chi connectivity index (χ3n) is 10.6. The van der Waals surface area contributed by atoms with Crippen molar-refractivity contribution in [3.63, 3.8) is 0 Å². The number of likely N-dealkylation sites (tertiary alicyclic amines) is 2. The Bertz CT molecular complexity index is 1610. The van der Waals surface area contributed by atoms with Crippen molar-refractivity contribution >= 4 is 29.6 Å². The number of carbonyl (C=O) groups excluding carboxylic acids is 4. The van der Waals surface area contributed by atoms with Crippen LogP contribution in [0.5, 0.6) is 5.75 Å². The average molecular weight is 718 g/mol. The van der Waals surface area contributed by atoms with E-state index in [1.807, 2.05) is 11.4 Å². The Hall–Kier alpha value is -4.37. The molecule has 5 aliphatic rings. The van der Waals surface area contributed by atoms with E-state index in [0.717, 1.165) is 15.1 Å². The largest absolute Gasteiger partial charge is 0.472 e. The number of rotatable bonds is 4. The van der Waals surface area contributed by atoms with Gasteiger partial charge in [0.05, 0.1) is 12.6 Å². The van der Waals surface area contributed by atoms with Gasteiger partial charge in [0.1, 0.15) is 24.3 Å². The highest BCUT2D eigenvalue weighted by Gasteiger charge is 2.66. The first-order valence-electron chi connectivity index (χ1n) is 16.0. The molecule has 2 saturated carbocycles. The van der Waals surface area contributed by atoms with Crippen molar-refractivity contribution in [2.75, 3.05) is 18.4 Å². The number of halogens is 7. The van der Waals surface area contributed by atoms with Gasteiger partial charge in [-0.05, 0) is 54.1 Å². The number of amides is 5. The summed E-state index contributed by atoms with van der Waals surface area (Å²) in [5, 5.41) is 15.6. The molecular formula is C31H34F7N7O5. The fourth-order valence-electron chi connectivity index (χ4n) is 8.39. The fraction of sp³-hybridized carbons (Fsp3) is 0.677. The normalized spacial score (nSPS) is 32.3. The van der Waals surface area contributed by atoms with Crippen LogP contribution in [0.15, 0.2) is 18.3 Å². The van der Waals surface area contributed by atoms with Crippen LogP contribution in [0.2, 0.25) is 0 Å². The minimum Gasteiger partial charge on any atom is -0.472 e. The smallest absolute Gasteiger partial charge is 0.417 e. The second-order valence-corrected chi connectivity index (χ2v) is 14.7. The van der Waals surface area contributed by atoms with Gasteiger partial charge in [-0.3, -0.25) is 14.4 Å². The quantitative estimate of drug-likeness (QED) is 0.404. The number of urea groups is 1. The number of nitrogens with one attached hydrogen (secondary N) is 3. The molecule has 9 atom stereocenters. The van der Waals surface area contributed by atoms with Gasteiger partial charge >= 0.3 is 18.4 Å². The molecule has 2 bridgehead atoms. The lowest BCUT2D eigenvalue weighted by molar-refractivity contribution is -0.255. The van der Waals surface area contributed by atoms with Crippen LogP contribution in [-0.4, -0.2) is 99.9 Å². The number of fused-ring (bicyclic) bond motifs is 6. The summed E-state index contributed by atoms with van der Waals surface area (Å²) in [6.45, 7) is 3.71. The zero-order chi connectivity index (χ0) is 36.7. The Morgan fingerprint density at radius 2 is 1.76 bits per heavy atom. The van der Waals surface area contributed by atoms with Crippen molar-refractivity contribution in [1.82, 2.24) is 25.4 Å². The molecule has 3 aliphatic heterocycles.